The molecule has 0 saturated heterocycles. The second kappa shape index (κ2) is 11.5. The molecule has 0 unspecified atom stereocenters. The fraction of sp³-hybridized carbons (Fsp3) is 0.286. The molecule has 34 heavy (non-hydrogen) atoms. The Hall–Kier alpha value is -3.64. The van der Waals surface area contributed by atoms with Gasteiger partial charge in [-0.15, -0.1) is 0 Å². The van der Waals surface area contributed by atoms with Crippen LogP contribution in [0, 0.1) is 0 Å². The number of unbranched alkanes of at least 4 members (excludes halogenated alkanes) is 1. The number of rotatable bonds is 10. The fourth-order valence-electron chi connectivity index (χ4n) is 4.39. The molecule has 0 spiro atoms. The van der Waals surface area contributed by atoms with Gasteiger partial charge in [-0.3, -0.25) is 0 Å². The summed E-state index contributed by atoms with van der Waals surface area (Å²) in [4.78, 5) is 25.4. The highest BCUT2D eigenvalue weighted by atomic mass is 16.6. The molecule has 6 heteroatoms. The van der Waals surface area contributed by atoms with Gasteiger partial charge in [-0.1, -0.05) is 78.9 Å². The first kappa shape index (κ1) is 23.5. The topological polar surface area (TPSA) is 92.3 Å². The van der Waals surface area contributed by atoms with Crippen molar-refractivity contribution in [2.75, 3.05) is 13.2 Å². The Morgan fingerprint density at radius 3 is 2.09 bits per heavy atom. The zero-order valence-electron chi connectivity index (χ0n) is 19.2. The van der Waals surface area contributed by atoms with Crippen molar-refractivity contribution in [1.29, 1.82) is 0 Å². The average Bonchev–Trinajstić information content (AvgIpc) is 3.20. The minimum atomic E-state index is -0.758. The van der Waals surface area contributed by atoms with Crippen molar-refractivity contribution >= 4 is 12.1 Å². The number of amides is 1. The number of nitrogens with one attached hydrogen (secondary N) is 1. The van der Waals surface area contributed by atoms with Crippen LogP contribution in [0.25, 0.3) is 11.1 Å². The van der Waals surface area contributed by atoms with Gasteiger partial charge in [-0.2, -0.15) is 0 Å². The molecule has 0 bridgehead atoms. The van der Waals surface area contributed by atoms with Crippen molar-refractivity contribution in [2.45, 2.75) is 37.8 Å². The molecule has 0 aliphatic heterocycles. The summed E-state index contributed by atoms with van der Waals surface area (Å²) >= 11 is 0. The van der Waals surface area contributed by atoms with Crippen LogP contribution in [0.1, 0.15) is 41.9 Å². The van der Waals surface area contributed by atoms with E-state index in [-0.39, 0.29) is 19.1 Å². The Labute approximate surface area is 200 Å². The van der Waals surface area contributed by atoms with Crippen molar-refractivity contribution in [2.24, 2.45) is 0 Å². The van der Waals surface area contributed by atoms with Gasteiger partial charge in [0.25, 0.3) is 0 Å². The van der Waals surface area contributed by atoms with Gasteiger partial charge >= 0.3 is 12.1 Å². The molecule has 176 valence electrons. The second-order valence-electron chi connectivity index (χ2n) is 8.47. The highest BCUT2D eigenvalue weighted by Crippen LogP contribution is 2.44. The van der Waals surface area contributed by atoms with Crippen LogP contribution in [-0.4, -0.2) is 31.3 Å². The summed E-state index contributed by atoms with van der Waals surface area (Å²) in [7, 11) is 0. The lowest BCUT2D eigenvalue weighted by atomic mass is 9.98. The SMILES string of the molecule is [NH3+]CCCC[C@H](NC(=O)OCC1c2ccccc2-c2ccccc21)C(=O)OCc1ccccc1. The summed E-state index contributed by atoms with van der Waals surface area (Å²) in [5, 5.41) is 2.73. The van der Waals surface area contributed by atoms with Gasteiger partial charge in [0, 0.05) is 5.92 Å². The molecule has 0 radical (unpaired) electrons. The molecule has 1 aliphatic carbocycles. The predicted octanol–water partition coefficient (Wildman–Crippen LogP) is 4.05. The normalized spacial score (nSPS) is 13.0. The first-order chi connectivity index (χ1) is 16.7. The zero-order chi connectivity index (χ0) is 23.8. The molecule has 1 amide bonds. The molecule has 1 aliphatic rings. The van der Waals surface area contributed by atoms with Gasteiger partial charge in [0.15, 0.2) is 0 Å². The number of hydrogen-bond acceptors (Lipinski definition) is 4. The van der Waals surface area contributed by atoms with E-state index in [0.717, 1.165) is 36.1 Å². The van der Waals surface area contributed by atoms with E-state index < -0.39 is 18.1 Å². The van der Waals surface area contributed by atoms with E-state index in [9.17, 15) is 9.59 Å². The van der Waals surface area contributed by atoms with E-state index in [1.807, 2.05) is 54.6 Å². The summed E-state index contributed by atoms with van der Waals surface area (Å²) in [6.07, 6.45) is 1.50. The molecule has 4 rings (SSSR count). The Morgan fingerprint density at radius 1 is 0.824 bits per heavy atom. The van der Waals surface area contributed by atoms with Crippen LogP contribution < -0.4 is 11.1 Å². The minimum Gasteiger partial charge on any atom is -0.459 e. The number of alkyl carbamates (subject to hydrolysis) is 1. The Kier molecular flexibility index (Phi) is 7.94. The number of benzene rings is 3. The lowest BCUT2D eigenvalue weighted by Gasteiger charge is -2.19. The third-order valence-electron chi connectivity index (χ3n) is 6.14. The number of esters is 1. The molecule has 0 fully saturated rings. The van der Waals surface area contributed by atoms with E-state index >= 15 is 0 Å². The van der Waals surface area contributed by atoms with E-state index in [1.54, 1.807) is 0 Å². The largest absolute Gasteiger partial charge is 0.459 e. The lowest BCUT2D eigenvalue weighted by Crippen LogP contribution is -2.50. The number of fused-ring (bicyclic) bond motifs is 3. The van der Waals surface area contributed by atoms with Gasteiger partial charge in [0.05, 0.1) is 6.54 Å². The van der Waals surface area contributed by atoms with Gasteiger partial charge in [0.1, 0.15) is 19.3 Å². The van der Waals surface area contributed by atoms with E-state index in [4.69, 9.17) is 9.47 Å². The minimum absolute atomic E-state index is 0.0344. The highest BCUT2D eigenvalue weighted by molar-refractivity contribution is 5.82. The summed E-state index contributed by atoms with van der Waals surface area (Å²) in [6, 6.07) is 25.1. The number of quaternary nitrogens is 1. The van der Waals surface area contributed by atoms with Gasteiger partial charge in [0.2, 0.25) is 0 Å². The zero-order valence-corrected chi connectivity index (χ0v) is 19.2. The monoisotopic (exact) mass is 459 g/mol. The smallest absolute Gasteiger partial charge is 0.407 e. The van der Waals surface area contributed by atoms with Crippen molar-refractivity contribution in [1.82, 2.24) is 5.32 Å². The third kappa shape index (κ3) is 5.64. The fourth-order valence-corrected chi connectivity index (χ4v) is 4.39. The van der Waals surface area contributed by atoms with E-state index in [2.05, 4.69) is 35.3 Å². The third-order valence-corrected chi connectivity index (χ3v) is 6.14. The average molecular weight is 460 g/mol. The van der Waals surface area contributed by atoms with Crippen LogP contribution in [0.5, 0.6) is 0 Å². The number of carbonyl (C=O) groups excluding carboxylic acids is 2. The second-order valence-corrected chi connectivity index (χ2v) is 8.47. The number of carbonyl (C=O) groups is 2. The summed E-state index contributed by atoms with van der Waals surface area (Å²) in [6.45, 7) is 1.14. The van der Waals surface area contributed by atoms with Gasteiger partial charge < -0.3 is 20.5 Å². The standard InChI is InChI=1S/C28H30N2O4/c29-17-9-8-16-26(27(31)33-18-20-10-2-1-3-11-20)30-28(32)34-19-25-23-14-6-4-12-21(23)22-13-5-7-15-24(22)25/h1-7,10-15,25-26H,8-9,16-19,29H2,(H,30,32)/p+1/t26-/m0/s1. The lowest BCUT2D eigenvalue weighted by molar-refractivity contribution is -0.368. The van der Waals surface area contributed by atoms with Gasteiger partial charge in [-0.05, 0) is 47.1 Å². The predicted molar refractivity (Wildman–Crippen MR) is 130 cm³/mol. The Balaban J connectivity index is 1.37. The number of ether oxygens (including phenoxy) is 2. The number of hydrogen-bond donors (Lipinski definition) is 2. The maximum atomic E-state index is 12.7. The van der Waals surface area contributed by atoms with Crippen molar-refractivity contribution < 1.29 is 24.8 Å². The molecule has 3 aromatic carbocycles. The first-order valence-electron chi connectivity index (χ1n) is 11.8. The maximum Gasteiger partial charge on any atom is 0.407 e. The molecule has 1 atom stereocenters. The van der Waals surface area contributed by atoms with Crippen LogP contribution in [0.3, 0.4) is 0 Å². The molecule has 0 saturated carbocycles. The highest BCUT2D eigenvalue weighted by Gasteiger charge is 2.30. The molecular weight excluding hydrogens is 428 g/mol. The summed E-state index contributed by atoms with van der Waals surface area (Å²) < 4.78 is 11.1. The first-order valence-corrected chi connectivity index (χ1v) is 11.8. The molecule has 6 nitrogen and oxygen atoms in total. The van der Waals surface area contributed by atoms with E-state index in [1.165, 1.54) is 11.1 Å². The summed E-state index contributed by atoms with van der Waals surface area (Å²) in [5.41, 5.74) is 9.37. The van der Waals surface area contributed by atoms with Crippen LogP contribution in [0.15, 0.2) is 78.9 Å². The molecule has 0 aromatic heterocycles. The maximum absolute atomic E-state index is 12.7. The van der Waals surface area contributed by atoms with Crippen LogP contribution in [0.2, 0.25) is 0 Å². The van der Waals surface area contributed by atoms with Crippen LogP contribution >= 0.6 is 0 Å². The van der Waals surface area contributed by atoms with Crippen molar-refractivity contribution in [3.05, 3.63) is 95.6 Å². The summed E-state index contributed by atoms with van der Waals surface area (Å²) in [5.74, 6) is -0.491. The Morgan fingerprint density at radius 2 is 1.44 bits per heavy atom. The van der Waals surface area contributed by atoms with Crippen molar-refractivity contribution in [3.63, 3.8) is 0 Å². The quantitative estimate of drug-likeness (QED) is 0.353. The van der Waals surface area contributed by atoms with Crippen molar-refractivity contribution in [3.8, 4) is 11.1 Å². The molecule has 4 N–H and O–H groups in total. The van der Waals surface area contributed by atoms with Crippen LogP contribution in [-0.2, 0) is 20.9 Å². The van der Waals surface area contributed by atoms with Crippen LogP contribution in [0.4, 0.5) is 4.79 Å². The van der Waals surface area contributed by atoms with Gasteiger partial charge in [-0.25, -0.2) is 9.59 Å². The Bertz CT molecular complexity index is 1070. The molecular formula is C28H31N2O4+. The molecule has 3 aromatic rings. The molecule has 0 heterocycles. The van der Waals surface area contributed by atoms with E-state index in [0.29, 0.717) is 6.42 Å².